The SMILES string of the molecule is Cc1cc(COC(=S)N(C)C)c(C(C)C)cc1O. The zero-order valence-corrected chi connectivity index (χ0v) is 12.5. The maximum Gasteiger partial charge on any atom is 0.259 e. The Kier molecular flexibility index (Phi) is 4.96. The van der Waals surface area contributed by atoms with Crippen LogP contribution in [0.5, 0.6) is 5.75 Å². The third kappa shape index (κ3) is 3.60. The molecule has 1 N–H and O–H groups in total. The summed E-state index contributed by atoms with van der Waals surface area (Å²) >= 11 is 5.10. The Hall–Kier alpha value is -1.29. The number of aryl methyl sites for hydroxylation is 1. The Morgan fingerprint density at radius 1 is 1.39 bits per heavy atom. The minimum Gasteiger partial charge on any atom is -0.508 e. The van der Waals surface area contributed by atoms with Gasteiger partial charge < -0.3 is 14.7 Å². The molecule has 0 saturated carbocycles. The molecular formula is C14H21NO2S. The molecule has 0 aliphatic heterocycles. The second-order valence-electron chi connectivity index (χ2n) is 4.94. The van der Waals surface area contributed by atoms with Crippen LogP contribution in [0.15, 0.2) is 12.1 Å². The first-order valence-electron chi connectivity index (χ1n) is 5.99. The zero-order chi connectivity index (χ0) is 13.9. The summed E-state index contributed by atoms with van der Waals surface area (Å²) in [5, 5.41) is 10.2. The monoisotopic (exact) mass is 267 g/mol. The molecule has 0 amide bonds. The van der Waals surface area contributed by atoms with Crippen LogP contribution in [0.4, 0.5) is 0 Å². The largest absolute Gasteiger partial charge is 0.508 e. The van der Waals surface area contributed by atoms with Crippen molar-refractivity contribution in [3.63, 3.8) is 0 Å². The molecule has 3 nitrogen and oxygen atoms in total. The fraction of sp³-hybridized carbons (Fsp3) is 0.500. The number of ether oxygens (including phenoxy) is 1. The highest BCUT2D eigenvalue weighted by atomic mass is 32.1. The molecule has 0 aliphatic carbocycles. The van der Waals surface area contributed by atoms with Crippen LogP contribution >= 0.6 is 12.2 Å². The molecule has 0 saturated heterocycles. The molecule has 100 valence electrons. The van der Waals surface area contributed by atoms with Crippen LogP contribution in [0.25, 0.3) is 0 Å². The van der Waals surface area contributed by atoms with E-state index in [9.17, 15) is 5.11 Å². The number of hydrogen-bond acceptors (Lipinski definition) is 3. The third-order valence-electron chi connectivity index (χ3n) is 2.80. The molecular weight excluding hydrogens is 246 g/mol. The topological polar surface area (TPSA) is 32.7 Å². The van der Waals surface area contributed by atoms with Gasteiger partial charge in [0.25, 0.3) is 5.17 Å². The molecule has 0 atom stereocenters. The number of aromatic hydroxyl groups is 1. The summed E-state index contributed by atoms with van der Waals surface area (Å²) in [4.78, 5) is 1.76. The molecule has 0 heterocycles. The Bertz CT molecular complexity index is 442. The molecule has 0 spiro atoms. The maximum absolute atomic E-state index is 9.76. The Morgan fingerprint density at radius 3 is 2.50 bits per heavy atom. The Labute approximate surface area is 114 Å². The second kappa shape index (κ2) is 6.05. The van der Waals surface area contributed by atoms with Crippen LogP contribution in [0.2, 0.25) is 0 Å². The van der Waals surface area contributed by atoms with Crippen LogP contribution in [0, 0.1) is 6.92 Å². The van der Waals surface area contributed by atoms with Crippen molar-refractivity contribution in [2.45, 2.75) is 33.3 Å². The van der Waals surface area contributed by atoms with E-state index in [2.05, 4.69) is 13.8 Å². The first kappa shape index (κ1) is 14.8. The predicted molar refractivity (Wildman–Crippen MR) is 78.0 cm³/mol. The van der Waals surface area contributed by atoms with Crippen molar-refractivity contribution < 1.29 is 9.84 Å². The number of hydrogen-bond donors (Lipinski definition) is 1. The number of rotatable bonds is 3. The fourth-order valence-electron chi connectivity index (χ4n) is 1.70. The molecule has 1 rings (SSSR count). The van der Waals surface area contributed by atoms with Crippen molar-refractivity contribution in [1.82, 2.24) is 4.90 Å². The highest BCUT2D eigenvalue weighted by Crippen LogP contribution is 2.28. The van der Waals surface area contributed by atoms with Crippen molar-refractivity contribution in [1.29, 1.82) is 0 Å². The Balaban J connectivity index is 2.93. The van der Waals surface area contributed by atoms with Crippen LogP contribution < -0.4 is 0 Å². The quantitative estimate of drug-likeness (QED) is 0.853. The molecule has 18 heavy (non-hydrogen) atoms. The molecule has 0 radical (unpaired) electrons. The van der Waals surface area contributed by atoms with Crippen LogP contribution in [0.3, 0.4) is 0 Å². The fourth-order valence-corrected chi connectivity index (χ4v) is 1.76. The molecule has 1 aromatic rings. The van der Waals surface area contributed by atoms with Gasteiger partial charge in [-0.05, 0) is 53.9 Å². The molecule has 1 aromatic carbocycles. The van der Waals surface area contributed by atoms with Gasteiger partial charge in [0.15, 0.2) is 0 Å². The first-order chi connectivity index (χ1) is 8.32. The summed E-state index contributed by atoms with van der Waals surface area (Å²) in [5.41, 5.74) is 3.03. The van der Waals surface area contributed by atoms with Crippen molar-refractivity contribution in [2.75, 3.05) is 14.1 Å². The van der Waals surface area contributed by atoms with Gasteiger partial charge >= 0.3 is 0 Å². The average molecular weight is 267 g/mol. The van der Waals surface area contributed by atoms with Gasteiger partial charge in [0, 0.05) is 14.1 Å². The van der Waals surface area contributed by atoms with Crippen LogP contribution in [-0.4, -0.2) is 29.3 Å². The van der Waals surface area contributed by atoms with E-state index in [4.69, 9.17) is 17.0 Å². The summed E-state index contributed by atoms with van der Waals surface area (Å²) in [6.45, 7) is 6.51. The van der Waals surface area contributed by atoms with Crippen molar-refractivity contribution >= 4 is 17.4 Å². The van der Waals surface area contributed by atoms with E-state index in [-0.39, 0.29) is 0 Å². The highest BCUT2D eigenvalue weighted by Gasteiger charge is 2.11. The van der Waals surface area contributed by atoms with Gasteiger partial charge in [-0.25, -0.2) is 0 Å². The van der Waals surface area contributed by atoms with Crippen molar-refractivity contribution in [3.8, 4) is 5.75 Å². The van der Waals surface area contributed by atoms with Gasteiger partial charge in [0.1, 0.15) is 12.4 Å². The van der Waals surface area contributed by atoms with E-state index < -0.39 is 0 Å². The molecule has 0 fully saturated rings. The molecule has 0 aliphatic rings. The molecule has 0 bridgehead atoms. The van der Waals surface area contributed by atoms with E-state index in [0.717, 1.165) is 16.7 Å². The van der Waals surface area contributed by atoms with Gasteiger partial charge in [0.05, 0.1) is 0 Å². The summed E-state index contributed by atoms with van der Waals surface area (Å²) in [7, 11) is 3.71. The number of phenolic OH excluding ortho intramolecular Hbond substituents is 1. The summed E-state index contributed by atoms with van der Waals surface area (Å²) < 4.78 is 5.55. The predicted octanol–water partition coefficient (Wildman–Crippen LogP) is 3.19. The van der Waals surface area contributed by atoms with Gasteiger partial charge in [-0.15, -0.1) is 0 Å². The average Bonchev–Trinajstić information content (AvgIpc) is 2.29. The van der Waals surface area contributed by atoms with Gasteiger partial charge in [-0.1, -0.05) is 13.8 Å². The standard InChI is InChI=1S/C14H21NO2S/c1-9(2)12-7-13(16)10(3)6-11(12)8-17-14(18)15(4)5/h6-7,9,16H,8H2,1-5H3. The maximum atomic E-state index is 9.76. The highest BCUT2D eigenvalue weighted by molar-refractivity contribution is 7.79. The normalized spacial score (nSPS) is 10.6. The first-order valence-corrected chi connectivity index (χ1v) is 6.40. The van der Waals surface area contributed by atoms with E-state index in [0.29, 0.717) is 23.4 Å². The van der Waals surface area contributed by atoms with Crippen LogP contribution in [-0.2, 0) is 11.3 Å². The number of benzene rings is 1. The number of thiocarbonyl (C=S) groups is 1. The number of nitrogens with zero attached hydrogens (tertiary/aromatic N) is 1. The number of phenols is 1. The van der Waals surface area contributed by atoms with Gasteiger partial charge in [0.2, 0.25) is 0 Å². The lowest BCUT2D eigenvalue weighted by atomic mass is 9.95. The lowest BCUT2D eigenvalue weighted by Gasteiger charge is -2.18. The van der Waals surface area contributed by atoms with Crippen molar-refractivity contribution in [3.05, 3.63) is 28.8 Å². The third-order valence-corrected chi connectivity index (χ3v) is 3.28. The van der Waals surface area contributed by atoms with Gasteiger partial charge in [-0.2, -0.15) is 0 Å². The minimum atomic E-state index is 0.331. The van der Waals surface area contributed by atoms with E-state index >= 15 is 0 Å². The van der Waals surface area contributed by atoms with Crippen LogP contribution in [0.1, 0.15) is 36.5 Å². The smallest absolute Gasteiger partial charge is 0.259 e. The van der Waals surface area contributed by atoms with E-state index in [1.165, 1.54) is 0 Å². The van der Waals surface area contributed by atoms with Crippen molar-refractivity contribution in [2.24, 2.45) is 0 Å². The Morgan fingerprint density at radius 2 is 2.00 bits per heavy atom. The van der Waals surface area contributed by atoms with E-state index in [1.54, 1.807) is 4.90 Å². The van der Waals surface area contributed by atoms with E-state index in [1.807, 2.05) is 33.2 Å². The zero-order valence-electron chi connectivity index (χ0n) is 11.7. The lowest BCUT2D eigenvalue weighted by Crippen LogP contribution is -2.22. The lowest BCUT2D eigenvalue weighted by molar-refractivity contribution is 0.256. The molecule has 0 aromatic heterocycles. The summed E-state index contributed by atoms with van der Waals surface area (Å²) in [5.74, 6) is 0.667. The molecule has 0 unspecified atom stereocenters. The molecule has 4 heteroatoms. The minimum absolute atomic E-state index is 0.331. The summed E-state index contributed by atoms with van der Waals surface area (Å²) in [6, 6.07) is 3.78. The second-order valence-corrected chi connectivity index (χ2v) is 5.29. The van der Waals surface area contributed by atoms with Gasteiger partial charge in [-0.3, -0.25) is 0 Å². The summed E-state index contributed by atoms with van der Waals surface area (Å²) in [6.07, 6.45) is 0.